The van der Waals surface area contributed by atoms with Crippen LogP contribution < -0.4 is 10.8 Å². The van der Waals surface area contributed by atoms with Crippen molar-refractivity contribution in [1.29, 1.82) is 5.26 Å². The van der Waals surface area contributed by atoms with Gasteiger partial charge in [-0.1, -0.05) is 12.1 Å². The minimum atomic E-state index is -1.11. The summed E-state index contributed by atoms with van der Waals surface area (Å²) in [4.78, 5) is 13.0. The summed E-state index contributed by atoms with van der Waals surface area (Å²) in [6.07, 6.45) is 0. The molecule has 1 atom stereocenters. The molecule has 0 saturated heterocycles. The number of imidazole rings is 1. The van der Waals surface area contributed by atoms with Crippen molar-refractivity contribution in [1.82, 2.24) is 8.97 Å². The van der Waals surface area contributed by atoms with Crippen LogP contribution in [0.2, 0.25) is 0 Å². The standard InChI is InChI=1S/C17H12N4O3/c1-19-14-4-2-3-5-15(14)20-16(19)13(9-18)11-7-6-10(21(23)24)8-12(11)17(20)22/h2-8,21,23H,1H3. The van der Waals surface area contributed by atoms with Crippen LogP contribution in [-0.2, 0) is 7.05 Å². The third-order valence-electron chi connectivity index (χ3n) is 4.32. The molecule has 0 bridgehead atoms. The van der Waals surface area contributed by atoms with Crippen molar-refractivity contribution < 1.29 is 10.4 Å². The molecule has 0 spiro atoms. The van der Waals surface area contributed by atoms with E-state index >= 15 is 0 Å². The lowest BCUT2D eigenvalue weighted by Crippen LogP contribution is -2.99. The predicted octanol–water partition coefficient (Wildman–Crippen LogP) is 1.22. The molecule has 0 aliphatic carbocycles. The van der Waals surface area contributed by atoms with Crippen molar-refractivity contribution in [3.05, 3.63) is 63.6 Å². The van der Waals surface area contributed by atoms with Gasteiger partial charge >= 0.3 is 0 Å². The molecule has 0 fully saturated rings. The van der Waals surface area contributed by atoms with Gasteiger partial charge in [-0.05, 0) is 18.2 Å². The van der Waals surface area contributed by atoms with Gasteiger partial charge in [0.25, 0.3) is 5.56 Å². The van der Waals surface area contributed by atoms with Crippen molar-refractivity contribution in [2.45, 2.75) is 0 Å². The smallest absolute Gasteiger partial charge is 0.264 e. The van der Waals surface area contributed by atoms with Gasteiger partial charge < -0.3 is 9.77 Å². The lowest BCUT2D eigenvalue weighted by Gasteiger charge is -2.12. The van der Waals surface area contributed by atoms with Gasteiger partial charge in [0.05, 0.1) is 16.4 Å². The normalized spacial score (nSPS) is 12.8. The third kappa shape index (κ3) is 1.73. The molecule has 4 aromatic rings. The van der Waals surface area contributed by atoms with Crippen LogP contribution in [-0.4, -0.2) is 14.2 Å². The average Bonchev–Trinajstić information content (AvgIpc) is 2.89. The molecular weight excluding hydrogens is 308 g/mol. The number of nitrogens with zero attached hydrogens (tertiary/aromatic N) is 3. The summed E-state index contributed by atoms with van der Waals surface area (Å²) in [7, 11) is 1.80. The quantitative estimate of drug-likeness (QED) is 0.515. The van der Waals surface area contributed by atoms with Gasteiger partial charge in [0.15, 0.2) is 5.69 Å². The summed E-state index contributed by atoms with van der Waals surface area (Å²) in [5, 5.41) is 29.6. The average molecular weight is 320 g/mol. The zero-order chi connectivity index (χ0) is 17.0. The molecule has 1 unspecified atom stereocenters. The molecule has 2 N–H and O–H groups in total. The first-order valence-electron chi connectivity index (χ1n) is 7.24. The fourth-order valence-electron chi connectivity index (χ4n) is 3.22. The summed E-state index contributed by atoms with van der Waals surface area (Å²) < 4.78 is 3.28. The van der Waals surface area contributed by atoms with E-state index in [2.05, 4.69) is 6.07 Å². The van der Waals surface area contributed by atoms with Crippen LogP contribution in [0.4, 0.5) is 5.69 Å². The maximum absolute atomic E-state index is 13.0. The van der Waals surface area contributed by atoms with Crippen molar-refractivity contribution in [3.8, 4) is 6.07 Å². The Kier molecular flexibility index (Phi) is 2.95. The number of fused-ring (bicyclic) bond motifs is 4. The van der Waals surface area contributed by atoms with Crippen molar-refractivity contribution >= 4 is 33.1 Å². The second-order valence-electron chi connectivity index (χ2n) is 5.56. The van der Waals surface area contributed by atoms with Gasteiger partial charge in [-0.2, -0.15) is 10.5 Å². The highest BCUT2D eigenvalue weighted by Gasteiger charge is 2.19. The van der Waals surface area contributed by atoms with Crippen molar-refractivity contribution in [3.63, 3.8) is 0 Å². The summed E-state index contributed by atoms with van der Waals surface area (Å²) >= 11 is 0. The summed E-state index contributed by atoms with van der Waals surface area (Å²) in [5.41, 5.74) is 2.03. The molecule has 4 rings (SSSR count). The van der Waals surface area contributed by atoms with Gasteiger partial charge in [-0.25, -0.2) is 5.21 Å². The van der Waals surface area contributed by atoms with E-state index in [1.54, 1.807) is 17.7 Å². The molecule has 0 radical (unpaired) electrons. The molecule has 0 amide bonds. The van der Waals surface area contributed by atoms with E-state index < -0.39 is 5.23 Å². The number of nitriles is 1. The molecule has 7 heteroatoms. The molecule has 118 valence electrons. The van der Waals surface area contributed by atoms with E-state index in [4.69, 9.17) is 0 Å². The van der Waals surface area contributed by atoms with E-state index in [0.29, 0.717) is 22.1 Å². The van der Waals surface area contributed by atoms with Crippen molar-refractivity contribution in [2.75, 3.05) is 0 Å². The minimum absolute atomic E-state index is 0.0173. The number of rotatable bonds is 1. The van der Waals surface area contributed by atoms with Crippen LogP contribution >= 0.6 is 0 Å². The lowest BCUT2D eigenvalue weighted by atomic mass is 10.1. The first-order valence-corrected chi connectivity index (χ1v) is 7.24. The zero-order valence-corrected chi connectivity index (χ0v) is 12.6. The minimum Gasteiger partial charge on any atom is -0.595 e. The van der Waals surface area contributed by atoms with Crippen LogP contribution in [0.5, 0.6) is 0 Å². The topological polar surface area (TPSA) is 97.9 Å². The lowest BCUT2D eigenvalue weighted by molar-refractivity contribution is -0.991. The Hall–Kier alpha value is -3.18. The molecule has 24 heavy (non-hydrogen) atoms. The second-order valence-corrected chi connectivity index (χ2v) is 5.56. The monoisotopic (exact) mass is 320 g/mol. The number of para-hydroxylation sites is 2. The van der Waals surface area contributed by atoms with Gasteiger partial charge in [0.2, 0.25) is 0 Å². The van der Waals surface area contributed by atoms with Crippen LogP contribution in [0, 0.1) is 16.5 Å². The number of aromatic nitrogens is 2. The molecular formula is C17H12N4O3. The number of benzene rings is 2. The molecule has 0 saturated carbocycles. The first-order chi connectivity index (χ1) is 11.5. The Morgan fingerprint density at radius 1 is 1.17 bits per heavy atom. The highest BCUT2D eigenvalue weighted by molar-refractivity contribution is 5.96. The third-order valence-corrected chi connectivity index (χ3v) is 4.32. The van der Waals surface area contributed by atoms with Crippen LogP contribution in [0.3, 0.4) is 0 Å². The summed E-state index contributed by atoms with van der Waals surface area (Å²) in [6, 6.07) is 13.8. The SMILES string of the molecule is Cn1c2ccccc2n2c(=O)c3cc([NH+]([O-])O)ccc3c(C#N)c12. The summed E-state index contributed by atoms with van der Waals surface area (Å²) in [6.45, 7) is 0. The van der Waals surface area contributed by atoms with E-state index in [9.17, 15) is 20.5 Å². The van der Waals surface area contributed by atoms with E-state index in [-0.39, 0.29) is 16.6 Å². The fourth-order valence-corrected chi connectivity index (χ4v) is 3.22. The highest BCUT2D eigenvalue weighted by Crippen LogP contribution is 2.26. The molecule has 2 heterocycles. The molecule has 7 nitrogen and oxygen atoms in total. The maximum atomic E-state index is 13.0. The second kappa shape index (κ2) is 4.91. The van der Waals surface area contributed by atoms with Crippen LogP contribution in [0.15, 0.2) is 47.3 Å². The van der Waals surface area contributed by atoms with Gasteiger partial charge in [0.1, 0.15) is 17.3 Å². The van der Waals surface area contributed by atoms with Crippen LogP contribution in [0.1, 0.15) is 5.56 Å². The Labute approximate surface area is 135 Å². The van der Waals surface area contributed by atoms with Gasteiger partial charge in [-0.15, -0.1) is 0 Å². The van der Waals surface area contributed by atoms with Gasteiger partial charge in [-0.3, -0.25) is 9.20 Å². The summed E-state index contributed by atoms with van der Waals surface area (Å²) in [5.74, 6) is 0. The zero-order valence-electron chi connectivity index (χ0n) is 12.6. The Morgan fingerprint density at radius 3 is 2.54 bits per heavy atom. The number of pyridine rings is 1. The van der Waals surface area contributed by atoms with Crippen molar-refractivity contribution in [2.24, 2.45) is 7.05 Å². The number of aryl methyl sites for hydroxylation is 1. The van der Waals surface area contributed by atoms with Gasteiger partial charge in [0, 0.05) is 24.6 Å². The first kappa shape index (κ1) is 14.4. The molecule has 0 aliphatic rings. The van der Waals surface area contributed by atoms with E-state index in [0.717, 1.165) is 5.52 Å². The highest BCUT2D eigenvalue weighted by atomic mass is 16.8. The predicted molar refractivity (Wildman–Crippen MR) is 88.1 cm³/mol. The van der Waals surface area contributed by atoms with Crippen LogP contribution in [0.25, 0.3) is 27.5 Å². The Bertz CT molecular complexity index is 1230. The Morgan fingerprint density at radius 2 is 1.88 bits per heavy atom. The maximum Gasteiger partial charge on any atom is 0.264 e. The number of nitrogens with one attached hydrogen (secondary N) is 1. The fraction of sp³-hybridized carbons (Fsp3) is 0.0588. The van der Waals surface area contributed by atoms with E-state index in [1.165, 1.54) is 22.6 Å². The number of hydrogen-bond acceptors (Lipinski definition) is 4. The molecule has 2 aromatic heterocycles. The number of quaternary nitrogens is 1. The number of hydrogen-bond donors (Lipinski definition) is 2. The molecule has 2 aromatic carbocycles. The largest absolute Gasteiger partial charge is 0.595 e. The molecule has 0 aliphatic heterocycles. The Balaban J connectivity index is 2.36. The van der Waals surface area contributed by atoms with E-state index in [1.807, 2.05) is 18.2 Å².